The van der Waals surface area contributed by atoms with Gasteiger partial charge in [-0.1, -0.05) is 34.1 Å². The van der Waals surface area contributed by atoms with Crippen molar-refractivity contribution in [2.24, 2.45) is 17.3 Å². The molecule has 1 aliphatic rings. The Hall–Kier alpha value is -0.0400. The van der Waals surface area contributed by atoms with Crippen LogP contribution in [0.3, 0.4) is 0 Å². The van der Waals surface area contributed by atoms with E-state index in [9.17, 15) is 0 Å². The number of hydrogen-bond acceptors (Lipinski definition) is 1. The summed E-state index contributed by atoms with van der Waals surface area (Å²) < 4.78 is 5.33. The van der Waals surface area contributed by atoms with Crippen molar-refractivity contribution >= 4 is 0 Å². The van der Waals surface area contributed by atoms with Gasteiger partial charge in [0.05, 0.1) is 13.2 Å². The lowest BCUT2D eigenvalue weighted by molar-refractivity contribution is -0.145. The van der Waals surface area contributed by atoms with E-state index >= 15 is 0 Å². The van der Waals surface area contributed by atoms with Gasteiger partial charge < -0.3 is 4.74 Å². The molecule has 0 aromatic rings. The van der Waals surface area contributed by atoms with Gasteiger partial charge in [0.15, 0.2) is 0 Å². The maximum Gasteiger partial charge on any atom is 0.0547 e. The third-order valence-corrected chi connectivity index (χ3v) is 3.22. The number of ether oxygens (including phenoxy) is 1. The van der Waals surface area contributed by atoms with Gasteiger partial charge in [-0.2, -0.15) is 0 Å². The van der Waals surface area contributed by atoms with Crippen LogP contribution in [0.1, 0.15) is 40.5 Å². The fourth-order valence-electron chi connectivity index (χ4n) is 1.71. The lowest BCUT2D eigenvalue weighted by atomic mass is 9.71. The van der Waals surface area contributed by atoms with Crippen LogP contribution < -0.4 is 0 Å². The molecule has 0 saturated carbocycles. The smallest absolute Gasteiger partial charge is 0.0547 e. The zero-order valence-electron chi connectivity index (χ0n) is 8.89. The summed E-state index contributed by atoms with van der Waals surface area (Å²) in [5, 5.41) is 0. The van der Waals surface area contributed by atoms with Crippen LogP contribution in [-0.4, -0.2) is 13.2 Å². The minimum Gasteiger partial charge on any atom is -0.380 e. The summed E-state index contributed by atoms with van der Waals surface area (Å²) in [6.45, 7) is 11.2. The highest BCUT2D eigenvalue weighted by molar-refractivity contribution is 4.88. The Morgan fingerprint density at radius 2 is 1.75 bits per heavy atom. The fraction of sp³-hybridized carbons (Fsp3) is 1.00. The molecule has 1 aliphatic heterocycles. The van der Waals surface area contributed by atoms with E-state index in [0.29, 0.717) is 5.41 Å². The van der Waals surface area contributed by atoms with Crippen LogP contribution in [0.2, 0.25) is 0 Å². The molecule has 0 N–H and O–H groups in total. The summed E-state index contributed by atoms with van der Waals surface area (Å²) in [7, 11) is 0. The van der Waals surface area contributed by atoms with Gasteiger partial charge in [-0.05, 0) is 18.3 Å². The van der Waals surface area contributed by atoms with Crippen LogP contribution in [0.4, 0.5) is 0 Å². The Labute approximate surface area is 76.5 Å². The molecule has 1 saturated heterocycles. The molecule has 0 amide bonds. The van der Waals surface area contributed by atoms with E-state index < -0.39 is 0 Å². The summed E-state index contributed by atoms with van der Waals surface area (Å²) in [4.78, 5) is 0. The molecule has 72 valence electrons. The third-order valence-electron chi connectivity index (χ3n) is 3.22. The van der Waals surface area contributed by atoms with Crippen molar-refractivity contribution in [2.75, 3.05) is 13.2 Å². The molecule has 1 nitrogen and oxygen atoms in total. The van der Waals surface area contributed by atoms with E-state index in [1.165, 1.54) is 12.8 Å². The van der Waals surface area contributed by atoms with Crippen molar-refractivity contribution in [3.63, 3.8) is 0 Å². The average molecular weight is 170 g/mol. The van der Waals surface area contributed by atoms with Crippen LogP contribution in [0.15, 0.2) is 0 Å². The Bertz CT molecular complexity index is 134. The topological polar surface area (TPSA) is 9.23 Å². The van der Waals surface area contributed by atoms with Gasteiger partial charge in [-0.25, -0.2) is 0 Å². The van der Waals surface area contributed by atoms with Crippen molar-refractivity contribution in [3.05, 3.63) is 0 Å². The predicted molar refractivity (Wildman–Crippen MR) is 52.2 cm³/mol. The van der Waals surface area contributed by atoms with Crippen LogP contribution >= 0.6 is 0 Å². The fourth-order valence-corrected chi connectivity index (χ4v) is 1.71. The molecule has 1 heteroatoms. The first kappa shape index (κ1) is 10.0. The van der Waals surface area contributed by atoms with Gasteiger partial charge in [0.2, 0.25) is 0 Å². The van der Waals surface area contributed by atoms with Gasteiger partial charge in [0.1, 0.15) is 0 Å². The summed E-state index contributed by atoms with van der Waals surface area (Å²) in [6.07, 6.45) is 2.70. The Kier molecular flexibility index (Phi) is 3.16. The first-order chi connectivity index (χ1) is 5.57. The average Bonchev–Trinajstić information content (AvgIpc) is 1.83. The van der Waals surface area contributed by atoms with Crippen molar-refractivity contribution in [3.8, 4) is 0 Å². The largest absolute Gasteiger partial charge is 0.380 e. The minimum absolute atomic E-state index is 0.532. The molecule has 0 spiro atoms. The van der Waals surface area contributed by atoms with E-state index in [4.69, 9.17) is 4.74 Å². The van der Waals surface area contributed by atoms with Gasteiger partial charge >= 0.3 is 0 Å². The van der Waals surface area contributed by atoms with Crippen LogP contribution in [0, 0.1) is 17.3 Å². The Balaban J connectivity index is 2.35. The molecule has 12 heavy (non-hydrogen) atoms. The maximum absolute atomic E-state index is 5.33. The second kappa shape index (κ2) is 3.78. The van der Waals surface area contributed by atoms with E-state index in [-0.39, 0.29) is 0 Å². The highest BCUT2D eigenvalue weighted by atomic mass is 16.5. The molecule has 0 aromatic heterocycles. The van der Waals surface area contributed by atoms with Crippen LogP contribution in [0.5, 0.6) is 0 Å². The van der Waals surface area contributed by atoms with Gasteiger partial charge in [-0.15, -0.1) is 0 Å². The monoisotopic (exact) mass is 170 g/mol. The summed E-state index contributed by atoms with van der Waals surface area (Å²) in [5.74, 6) is 1.62. The SMILES string of the molecule is CC(C)CCC1(C(C)C)COC1. The van der Waals surface area contributed by atoms with E-state index in [1.807, 2.05) is 0 Å². The van der Waals surface area contributed by atoms with Crippen molar-refractivity contribution in [2.45, 2.75) is 40.5 Å². The number of rotatable bonds is 4. The highest BCUT2D eigenvalue weighted by Gasteiger charge is 2.40. The highest BCUT2D eigenvalue weighted by Crippen LogP contribution is 2.40. The second-order valence-electron chi connectivity index (χ2n) is 4.94. The third kappa shape index (κ3) is 2.01. The summed E-state index contributed by atoms with van der Waals surface area (Å²) in [6, 6.07) is 0. The summed E-state index contributed by atoms with van der Waals surface area (Å²) in [5.41, 5.74) is 0.532. The molecule has 1 heterocycles. The van der Waals surface area contributed by atoms with Crippen molar-refractivity contribution < 1.29 is 4.74 Å². The Morgan fingerprint density at radius 3 is 2.00 bits per heavy atom. The van der Waals surface area contributed by atoms with E-state index in [0.717, 1.165) is 25.0 Å². The molecule has 1 rings (SSSR count). The first-order valence-electron chi connectivity index (χ1n) is 5.14. The first-order valence-corrected chi connectivity index (χ1v) is 5.14. The van der Waals surface area contributed by atoms with E-state index in [1.54, 1.807) is 0 Å². The second-order valence-corrected chi connectivity index (χ2v) is 4.94. The standard InChI is InChI=1S/C11H22O/c1-9(2)5-6-11(10(3)4)7-12-8-11/h9-10H,5-8H2,1-4H3. The van der Waals surface area contributed by atoms with Crippen molar-refractivity contribution in [1.29, 1.82) is 0 Å². The van der Waals surface area contributed by atoms with Crippen molar-refractivity contribution in [1.82, 2.24) is 0 Å². The lowest BCUT2D eigenvalue weighted by Gasteiger charge is -2.45. The molecular formula is C11H22O. The van der Waals surface area contributed by atoms with Crippen LogP contribution in [0.25, 0.3) is 0 Å². The molecule has 0 atom stereocenters. The normalized spacial score (nSPS) is 21.5. The maximum atomic E-state index is 5.33. The summed E-state index contributed by atoms with van der Waals surface area (Å²) >= 11 is 0. The van der Waals surface area contributed by atoms with E-state index in [2.05, 4.69) is 27.7 Å². The molecule has 0 unspecified atom stereocenters. The molecular weight excluding hydrogens is 148 g/mol. The molecule has 0 radical (unpaired) electrons. The number of hydrogen-bond donors (Lipinski definition) is 0. The molecule has 1 fully saturated rings. The van der Waals surface area contributed by atoms with Gasteiger partial charge in [0.25, 0.3) is 0 Å². The molecule has 0 aliphatic carbocycles. The Morgan fingerprint density at radius 1 is 1.17 bits per heavy atom. The van der Waals surface area contributed by atoms with Gasteiger partial charge in [-0.3, -0.25) is 0 Å². The lowest BCUT2D eigenvalue weighted by Crippen LogP contribution is -2.46. The molecule has 0 aromatic carbocycles. The zero-order valence-corrected chi connectivity index (χ0v) is 8.89. The quantitative estimate of drug-likeness (QED) is 0.630. The molecule has 0 bridgehead atoms. The predicted octanol–water partition coefficient (Wildman–Crippen LogP) is 3.10. The minimum atomic E-state index is 0.532. The van der Waals surface area contributed by atoms with Crippen LogP contribution in [-0.2, 0) is 4.74 Å². The van der Waals surface area contributed by atoms with Gasteiger partial charge in [0, 0.05) is 5.41 Å². The zero-order chi connectivity index (χ0) is 9.19.